The van der Waals surface area contributed by atoms with Crippen LogP contribution in [0.2, 0.25) is 0 Å². The van der Waals surface area contributed by atoms with Crippen molar-refractivity contribution in [3.8, 4) is 11.4 Å². The largest absolute Gasteiger partial charge is 0.456 e. The first-order valence-corrected chi connectivity index (χ1v) is 6.26. The van der Waals surface area contributed by atoms with Crippen LogP contribution in [0.3, 0.4) is 0 Å². The molecular weight excluding hydrogens is 248 g/mol. The maximum atomic E-state index is 7.36. The van der Waals surface area contributed by atoms with Crippen molar-refractivity contribution in [2.45, 2.75) is 6.85 Å². The lowest BCUT2D eigenvalue weighted by Gasteiger charge is -2.00. The van der Waals surface area contributed by atoms with Crippen molar-refractivity contribution < 1.29 is 8.53 Å². The quantitative estimate of drug-likeness (QED) is 0.512. The molecule has 0 aliphatic heterocycles. The zero-order valence-corrected chi connectivity index (χ0v) is 10.5. The van der Waals surface area contributed by atoms with Crippen LogP contribution in [-0.2, 0) is 0 Å². The lowest BCUT2D eigenvalue weighted by molar-refractivity contribution is 0.669. The second-order valence-electron chi connectivity index (χ2n) is 4.60. The lowest BCUT2D eigenvalue weighted by Crippen LogP contribution is -1.88. The smallest absolute Gasteiger partial charge is 0.159 e. The Balaban J connectivity index is 1.81. The summed E-state index contributed by atoms with van der Waals surface area (Å²) < 4.78 is 27.9. The third-order valence-electron chi connectivity index (χ3n) is 3.29. The fourth-order valence-electron chi connectivity index (χ4n) is 2.34. The van der Waals surface area contributed by atoms with Gasteiger partial charge in [-0.3, -0.25) is 0 Å². The van der Waals surface area contributed by atoms with E-state index >= 15 is 0 Å². The predicted octanol–water partition coefficient (Wildman–Crippen LogP) is 4.35. The first kappa shape index (κ1) is 8.48. The summed E-state index contributed by atoms with van der Waals surface area (Å²) in [7, 11) is 0. The molecule has 0 fully saturated rings. The minimum absolute atomic E-state index is 0.131. The van der Waals surface area contributed by atoms with Gasteiger partial charge in [-0.25, -0.2) is 9.97 Å². The number of furan rings is 1. The summed E-state index contributed by atoms with van der Waals surface area (Å²) in [4.78, 5) is 8.33. The highest BCUT2D eigenvalue weighted by atomic mass is 16.3. The molecule has 0 amide bonds. The van der Waals surface area contributed by atoms with Crippen molar-refractivity contribution in [2.75, 3.05) is 0 Å². The molecule has 0 unspecified atom stereocenters. The van der Waals surface area contributed by atoms with Crippen LogP contribution < -0.4 is 0 Å². The molecule has 0 saturated heterocycles. The summed E-state index contributed by atoms with van der Waals surface area (Å²) in [6, 6.07) is 13.6. The van der Waals surface area contributed by atoms with Crippen LogP contribution in [0.5, 0.6) is 0 Å². The van der Waals surface area contributed by atoms with Gasteiger partial charge in [0.15, 0.2) is 5.82 Å². The van der Waals surface area contributed by atoms with Gasteiger partial charge in [0.05, 0.1) is 0 Å². The molecule has 0 radical (unpaired) electrons. The molecule has 0 saturated carbocycles. The van der Waals surface area contributed by atoms with Crippen molar-refractivity contribution in [1.82, 2.24) is 9.97 Å². The lowest BCUT2D eigenvalue weighted by atomic mass is 10.1. The summed E-state index contributed by atoms with van der Waals surface area (Å²) in [5.41, 5.74) is 2.50. The molecule has 20 heavy (non-hydrogen) atoms. The molecular formula is C17H12N2O. The van der Waals surface area contributed by atoms with Gasteiger partial charge < -0.3 is 4.42 Å². The van der Waals surface area contributed by atoms with Gasteiger partial charge in [0.2, 0.25) is 0 Å². The number of aromatic nitrogens is 2. The van der Waals surface area contributed by atoms with Crippen LogP contribution in [0.15, 0.2) is 59.3 Å². The molecule has 0 atom stereocenters. The summed E-state index contributed by atoms with van der Waals surface area (Å²) in [5.74, 6) is 0.473. The van der Waals surface area contributed by atoms with Crippen molar-refractivity contribution in [3.05, 3.63) is 60.4 Å². The maximum Gasteiger partial charge on any atom is 0.159 e. The molecule has 0 N–H and O–H groups in total. The molecule has 4 rings (SSSR count). The zero-order valence-electron chi connectivity index (χ0n) is 13.5. The number of nitrogens with zero attached hydrogens (tertiary/aromatic N) is 2. The molecule has 4 aromatic rings. The normalized spacial score (nSPS) is 14.1. The highest BCUT2D eigenvalue weighted by Crippen LogP contribution is 2.30. The number of aryl methyl sites for hydroxylation is 1. The summed E-state index contributed by atoms with van der Waals surface area (Å²) in [6.07, 6.45) is 2.69. The number of hydrogen-bond donors (Lipinski definition) is 0. The van der Waals surface area contributed by atoms with E-state index < -0.39 is 6.85 Å². The summed E-state index contributed by atoms with van der Waals surface area (Å²) in [5, 5.41) is 2.09. The highest BCUT2D eigenvalue weighted by Gasteiger charge is 2.08. The second kappa shape index (κ2) is 4.17. The van der Waals surface area contributed by atoms with E-state index in [-0.39, 0.29) is 5.56 Å². The van der Waals surface area contributed by atoms with E-state index in [0.717, 1.165) is 27.5 Å². The van der Waals surface area contributed by atoms with Crippen LogP contribution in [0.4, 0.5) is 0 Å². The molecule has 0 spiro atoms. The van der Waals surface area contributed by atoms with Gasteiger partial charge in [-0.05, 0) is 30.6 Å². The monoisotopic (exact) mass is 263 g/mol. The SMILES string of the molecule is [2H]C([2H])([2H])c1cnc(-c2ccc3c(c2)oc2ccccc23)nc1. The van der Waals surface area contributed by atoms with Crippen LogP contribution >= 0.6 is 0 Å². The molecule has 0 aliphatic rings. The second-order valence-corrected chi connectivity index (χ2v) is 4.60. The Morgan fingerprint density at radius 2 is 1.75 bits per heavy atom. The predicted molar refractivity (Wildman–Crippen MR) is 79.5 cm³/mol. The van der Waals surface area contributed by atoms with E-state index in [0.29, 0.717) is 5.82 Å². The Bertz CT molecular complexity index is 1000. The molecule has 0 aliphatic carbocycles. The maximum absolute atomic E-state index is 7.36. The van der Waals surface area contributed by atoms with E-state index in [1.807, 2.05) is 42.5 Å². The number of fused-ring (bicyclic) bond motifs is 3. The van der Waals surface area contributed by atoms with Gasteiger partial charge in [-0.1, -0.05) is 24.3 Å². The Morgan fingerprint density at radius 3 is 2.60 bits per heavy atom. The van der Waals surface area contributed by atoms with Gasteiger partial charge in [-0.15, -0.1) is 0 Å². The standard InChI is InChI=1S/C17H12N2O/c1-11-9-18-17(19-10-11)12-6-7-14-13-4-2-3-5-15(13)20-16(14)8-12/h2-10H,1H3/i1D3. The molecule has 2 heterocycles. The fraction of sp³-hybridized carbons (Fsp3) is 0.0588. The van der Waals surface area contributed by atoms with Crippen molar-refractivity contribution in [2.24, 2.45) is 0 Å². The average molecular weight is 263 g/mol. The van der Waals surface area contributed by atoms with Gasteiger partial charge in [0, 0.05) is 32.8 Å². The number of hydrogen-bond acceptors (Lipinski definition) is 3. The topological polar surface area (TPSA) is 38.9 Å². The third-order valence-corrected chi connectivity index (χ3v) is 3.29. The highest BCUT2D eigenvalue weighted by molar-refractivity contribution is 6.05. The first-order chi connectivity index (χ1) is 11.0. The van der Waals surface area contributed by atoms with E-state index in [2.05, 4.69) is 9.97 Å². The van der Waals surface area contributed by atoms with E-state index in [1.54, 1.807) is 0 Å². The molecule has 96 valence electrons. The van der Waals surface area contributed by atoms with Gasteiger partial charge in [-0.2, -0.15) is 0 Å². The molecule has 2 aromatic carbocycles. The number of para-hydroxylation sites is 1. The van der Waals surface area contributed by atoms with Crippen LogP contribution in [0.25, 0.3) is 33.3 Å². The number of rotatable bonds is 1. The molecule has 3 heteroatoms. The Labute approximate surface area is 120 Å². The van der Waals surface area contributed by atoms with Crippen molar-refractivity contribution in [1.29, 1.82) is 0 Å². The Morgan fingerprint density at radius 1 is 0.950 bits per heavy atom. The van der Waals surface area contributed by atoms with E-state index in [1.165, 1.54) is 12.4 Å². The number of benzene rings is 2. The average Bonchev–Trinajstić information content (AvgIpc) is 2.92. The van der Waals surface area contributed by atoms with Crippen molar-refractivity contribution >= 4 is 21.9 Å². The van der Waals surface area contributed by atoms with E-state index in [4.69, 9.17) is 8.53 Å². The molecule has 0 bridgehead atoms. The minimum atomic E-state index is -2.19. The van der Waals surface area contributed by atoms with Crippen LogP contribution in [-0.4, -0.2) is 9.97 Å². The van der Waals surface area contributed by atoms with Crippen LogP contribution in [0.1, 0.15) is 9.68 Å². The Hall–Kier alpha value is -2.68. The van der Waals surface area contributed by atoms with Gasteiger partial charge in [0.25, 0.3) is 0 Å². The first-order valence-electron chi connectivity index (χ1n) is 7.76. The zero-order chi connectivity index (χ0) is 16.0. The minimum Gasteiger partial charge on any atom is -0.456 e. The summed E-state index contributed by atoms with van der Waals surface area (Å²) in [6.45, 7) is -2.19. The van der Waals surface area contributed by atoms with Crippen molar-refractivity contribution in [3.63, 3.8) is 0 Å². The van der Waals surface area contributed by atoms with Gasteiger partial charge >= 0.3 is 0 Å². The third kappa shape index (κ3) is 1.67. The van der Waals surface area contributed by atoms with E-state index in [9.17, 15) is 0 Å². The fourth-order valence-corrected chi connectivity index (χ4v) is 2.34. The molecule has 2 aromatic heterocycles. The molecule has 3 nitrogen and oxygen atoms in total. The summed E-state index contributed by atoms with van der Waals surface area (Å²) >= 11 is 0. The Kier molecular flexibility index (Phi) is 1.77. The van der Waals surface area contributed by atoms with Crippen LogP contribution in [0, 0.1) is 6.85 Å². The van der Waals surface area contributed by atoms with Gasteiger partial charge in [0.1, 0.15) is 11.2 Å².